The molecule has 0 aromatic heterocycles. The van der Waals surface area contributed by atoms with Crippen LogP contribution in [0, 0.1) is 0 Å². The van der Waals surface area contributed by atoms with Crippen LogP contribution in [0.2, 0.25) is 0 Å². The first-order chi connectivity index (χ1) is 8.19. The van der Waals surface area contributed by atoms with Crippen LogP contribution >= 0.6 is 15.9 Å². The SMILES string of the molecule is COC(=O)C1(c2cccc(Br)c2)CCOCC1. The molecular formula is C13H15BrO3. The largest absolute Gasteiger partial charge is 0.468 e. The molecule has 0 spiro atoms. The van der Waals surface area contributed by atoms with Gasteiger partial charge in [0.1, 0.15) is 0 Å². The Morgan fingerprint density at radius 3 is 2.71 bits per heavy atom. The molecule has 0 N–H and O–H groups in total. The van der Waals surface area contributed by atoms with Crippen LogP contribution in [-0.2, 0) is 19.7 Å². The zero-order chi connectivity index (χ0) is 12.3. The second-order valence-electron chi connectivity index (χ2n) is 4.20. The highest BCUT2D eigenvalue weighted by atomic mass is 79.9. The molecule has 0 amide bonds. The molecule has 0 aliphatic carbocycles. The predicted octanol–water partition coefficient (Wildman–Crippen LogP) is 2.67. The fourth-order valence-electron chi connectivity index (χ4n) is 2.31. The number of hydrogen-bond acceptors (Lipinski definition) is 3. The number of rotatable bonds is 2. The number of benzene rings is 1. The Kier molecular flexibility index (Phi) is 3.84. The smallest absolute Gasteiger partial charge is 0.316 e. The molecule has 1 saturated heterocycles. The van der Waals surface area contributed by atoms with Crippen molar-refractivity contribution in [1.82, 2.24) is 0 Å². The Hall–Kier alpha value is -0.870. The molecule has 1 aromatic carbocycles. The fourth-order valence-corrected chi connectivity index (χ4v) is 2.71. The minimum atomic E-state index is -0.545. The van der Waals surface area contributed by atoms with Crippen LogP contribution in [0.1, 0.15) is 18.4 Å². The van der Waals surface area contributed by atoms with E-state index in [9.17, 15) is 4.79 Å². The van der Waals surface area contributed by atoms with Gasteiger partial charge in [-0.05, 0) is 30.5 Å². The van der Waals surface area contributed by atoms with Gasteiger partial charge in [0.05, 0.1) is 12.5 Å². The first kappa shape index (κ1) is 12.6. The standard InChI is InChI=1S/C13H15BrO3/c1-16-12(15)13(5-7-17-8-6-13)10-3-2-4-11(14)9-10/h2-4,9H,5-8H2,1H3. The molecule has 3 nitrogen and oxygen atoms in total. The molecule has 4 heteroatoms. The molecule has 1 heterocycles. The van der Waals surface area contributed by atoms with E-state index in [0.717, 1.165) is 10.0 Å². The molecule has 17 heavy (non-hydrogen) atoms. The summed E-state index contributed by atoms with van der Waals surface area (Å²) in [5.41, 5.74) is 0.457. The third kappa shape index (κ3) is 2.38. The maximum atomic E-state index is 12.1. The van der Waals surface area contributed by atoms with Gasteiger partial charge in [-0.15, -0.1) is 0 Å². The molecule has 0 saturated carbocycles. The lowest BCUT2D eigenvalue weighted by Crippen LogP contribution is -2.42. The number of esters is 1. The second-order valence-corrected chi connectivity index (χ2v) is 5.11. The summed E-state index contributed by atoms with van der Waals surface area (Å²) in [6.07, 6.45) is 1.35. The lowest BCUT2D eigenvalue weighted by molar-refractivity contribution is -0.151. The highest BCUT2D eigenvalue weighted by molar-refractivity contribution is 9.10. The lowest BCUT2D eigenvalue weighted by atomic mass is 9.74. The van der Waals surface area contributed by atoms with Gasteiger partial charge in [-0.1, -0.05) is 28.1 Å². The number of ether oxygens (including phenoxy) is 2. The molecule has 0 unspecified atom stereocenters. The van der Waals surface area contributed by atoms with Crippen LogP contribution < -0.4 is 0 Å². The summed E-state index contributed by atoms with van der Waals surface area (Å²) < 4.78 is 11.3. The summed E-state index contributed by atoms with van der Waals surface area (Å²) in [5, 5.41) is 0. The van der Waals surface area contributed by atoms with Crippen molar-refractivity contribution in [3.8, 4) is 0 Å². The molecule has 1 aromatic rings. The summed E-state index contributed by atoms with van der Waals surface area (Å²) in [5.74, 6) is -0.168. The highest BCUT2D eigenvalue weighted by Crippen LogP contribution is 2.37. The second kappa shape index (κ2) is 5.19. The van der Waals surface area contributed by atoms with E-state index < -0.39 is 5.41 Å². The van der Waals surface area contributed by atoms with Crippen LogP contribution in [0.15, 0.2) is 28.7 Å². The van der Waals surface area contributed by atoms with Crippen LogP contribution in [0.3, 0.4) is 0 Å². The molecule has 1 aliphatic heterocycles. The van der Waals surface area contributed by atoms with Crippen LogP contribution in [0.4, 0.5) is 0 Å². The summed E-state index contributed by atoms with van der Waals surface area (Å²) in [6, 6.07) is 7.86. The van der Waals surface area contributed by atoms with Crippen molar-refractivity contribution in [1.29, 1.82) is 0 Å². The van der Waals surface area contributed by atoms with Gasteiger partial charge in [-0.3, -0.25) is 4.79 Å². The third-order valence-electron chi connectivity index (χ3n) is 3.30. The van der Waals surface area contributed by atoms with Crippen molar-refractivity contribution in [2.75, 3.05) is 20.3 Å². The minimum absolute atomic E-state index is 0.168. The van der Waals surface area contributed by atoms with Gasteiger partial charge in [-0.25, -0.2) is 0 Å². The lowest BCUT2D eigenvalue weighted by Gasteiger charge is -2.34. The van der Waals surface area contributed by atoms with Crippen molar-refractivity contribution in [3.63, 3.8) is 0 Å². The van der Waals surface area contributed by atoms with Gasteiger partial charge in [0.25, 0.3) is 0 Å². The molecule has 92 valence electrons. The number of carbonyl (C=O) groups excluding carboxylic acids is 1. The summed E-state index contributed by atoms with van der Waals surface area (Å²) >= 11 is 3.44. The monoisotopic (exact) mass is 298 g/mol. The van der Waals surface area contributed by atoms with Crippen molar-refractivity contribution >= 4 is 21.9 Å². The van der Waals surface area contributed by atoms with Crippen molar-refractivity contribution in [2.24, 2.45) is 0 Å². The fraction of sp³-hybridized carbons (Fsp3) is 0.462. The van der Waals surface area contributed by atoms with Crippen LogP contribution in [0.25, 0.3) is 0 Å². The predicted molar refractivity (Wildman–Crippen MR) is 67.9 cm³/mol. The Labute approximate surface area is 109 Å². The van der Waals surface area contributed by atoms with Crippen LogP contribution in [0.5, 0.6) is 0 Å². The quantitative estimate of drug-likeness (QED) is 0.788. The molecule has 0 atom stereocenters. The van der Waals surface area contributed by atoms with E-state index in [1.54, 1.807) is 0 Å². The Morgan fingerprint density at radius 1 is 1.41 bits per heavy atom. The van der Waals surface area contributed by atoms with Crippen molar-refractivity contribution < 1.29 is 14.3 Å². The Balaban J connectivity index is 2.42. The average Bonchev–Trinajstić information content (AvgIpc) is 2.38. The van der Waals surface area contributed by atoms with E-state index in [2.05, 4.69) is 15.9 Å². The van der Waals surface area contributed by atoms with Crippen LogP contribution in [-0.4, -0.2) is 26.3 Å². The van der Waals surface area contributed by atoms with Gasteiger partial charge in [-0.2, -0.15) is 0 Å². The summed E-state index contributed by atoms with van der Waals surface area (Å²) in [4.78, 5) is 12.1. The first-order valence-corrected chi connectivity index (χ1v) is 6.40. The number of hydrogen-bond donors (Lipinski definition) is 0. The molecule has 1 aliphatic rings. The Morgan fingerprint density at radius 2 is 2.12 bits per heavy atom. The van der Waals surface area contributed by atoms with Gasteiger partial charge < -0.3 is 9.47 Å². The first-order valence-electron chi connectivity index (χ1n) is 5.61. The van der Waals surface area contributed by atoms with E-state index in [0.29, 0.717) is 26.1 Å². The molecule has 1 fully saturated rings. The van der Waals surface area contributed by atoms with Gasteiger partial charge in [0.15, 0.2) is 0 Å². The van der Waals surface area contributed by atoms with E-state index in [-0.39, 0.29) is 5.97 Å². The van der Waals surface area contributed by atoms with Gasteiger partial charge in [0.2, 0.25) is 0 Å². The normalized spacial score (nSPS) is 18.7. The Bertz CT molecular complexity index is 411. The zero-order valence-electron chi connectivity index (χ0n) is 9.74. The van der Waals surface area contributed by atoms with E-state index in [4.69, 9.17) is 9.47 Å². The molecule has 0 bridgehead atoms. The number of carbonyl (C=O) groups is 1. The maximum absolute atomic E-state index is 12.1. The summed E-state index contributed by atoms with van der Waals surface area (Å²) in [7, 11) is 1.44. The van der Waals surface area contributed by atoms with Crippen molar-refractivity contribution in [2.45, 2.75) is 18.3 Å². The highest BCUT2D eigenvalue weighted by Gasteiger charge is 2.42. The topological polar surface area (TPSA) is 35.5 Å². The van der Waals surface area contributed by atoms with E-state index in [1.807, 2.05) is 24.3 Å². The average molecular weight is 299 g/mol. The van der Waals surface area contributed by atoms with E-state index >= 15 is 0 Å². The molecule has 2 rings (SSSR count). The van der Waals surface area contributed by atoms with E-state index in [1.165, 1.54) is 7.11 Å². The number of halogens is 1. The number of methoxy groups -OCH3 is 1. The summed E-state index contributed by atoms with van der Waals surface area (Å²) in [6.45, 7) is 1.20. The zero-order valence-corrected chi connectivity index (χ0v) is 11.3. The van der Waals surface area contributed by atoms with Gasteiger partial charge in [0, 0.05) is 17.7 Å². The van der Waals surface area contributed by atoms with Gasteiger partial charge >= 0.3 is 5.97 Å². The minimum Gasteiger partial charge on any atom is -0.468 e. The molecule has 0 radical (unpaired) electrons. The maximum Gasteiger partial charge on any atom is 0.316 e. The van der Waals surface area contributed by atoms with Crippen molar-refractivity contribution in [3.05, 3.63) is 34.3 Å². The third-order valence-corrected chi connectivity index (χ3v) is 3.79. The molecular weight excluding hydrogens is 284 g/mol.